The summed E-state index contributed by atoms with van der Waals surface area (Å²) in [6.07, 6.45) is -2.22. The molecule has 0 spiro atoms. The Morgan fingerprint density at radius 3 is 2.50 bits per heavy atom. The summed E-state index contributed by atoms with van der Waals surface area (Å²) in [5.74, 6) is -2.24. The van der Waals surface area contributed by atoms with E-state index in [9.17, 15) is 18.0 Å². The van der Waals surface area contributed by atoms with Crippen LogP contribution in [-0.4, -0.2) is 29.3 Å². The van der Waals surface area contributed by atoms with Gasteiger partial charge in [-0.3, -0.25) is 4.79 Å². The molecule has 1 fully saturated rings. The van der Waals surface area contributed by atoms with E-state index in [0.717, 1.165) is 0 Å². The monoisotopic (exact) mass is 295 g/mol. The molecule has 1 saturated carbocycles. The van der Waals surface area contributed by atoms with Crippen molar-refractivity contribution in [3.05, 3.63) is 0 Å². The first-order chi connectivity index (χ1) is 9.22. The van der Waals surface area contributed by atoms with Crippen molar-refractivity contribution in [3.63, 3.8) is 0 Å². The zero-order valence-corrected chi connectivity index (χ0v) is 12.1. The molecule has 1 rings (SSSR count). The van der Waals surface area contributed by atoms with Gasteiger partial charge in [-0.15, -0.1) is 0 Å². The van der Waals surface area contributed by atoms with Crippen molar-refractivity contribution in [2.45, 2.75) is 64.1 Å². The van der Waals surface area contributed by atoms with E-state index in [1.54, 1.807) is 0 Å². The van der Waals surface area contributed by atoms with Crippen molar-refractivity contribution in [2.75, 3.05) is 6.61 Å². The van der Waals surface area contributed by atoms with E-state index in [4.69, 9.17) is 5.11 Å². The van der Waals surface area contributed by atoms with Crippen LogP contribution in [0.3, 0.4) is 0 Å². The Labute approximate surface area is 117 Å². The van der Waals surface area contributed by atoms with E-state index in [-0.39, 0.29) is 25.4 Å². The van der Waals surface area contributed by atoms with Gasteiger partial charge in [-0.1, -0.05) is 13.3 Å². The lowest BCUT2D eigenvalue weighted by atomic mass is 9.80. The summed E-state index contributed by atoms with van der Waals surface area (Å²) in [7, 11) is 0. The van der Waals surface area contributed by atoms with Crippen LogP contribution in [0.25, 0.3) is 0 Å². The lowest BCUT2D eigenvalue weighted by Crippen LogP contribution is -2.49. The van der Waals surface area contributed by atoms with E-state index in [1.165, 1.54) is 0 Å². The Bertz CT molecular complexity index is 333. The van der Waals surface area contributed by atoms with Crippen LogP contribution in [0.1, 0.15) is 52.4 Å². The Hall–Kier alpha value is -0.780. The minimum atomic E-state index is -4.21. The van der Waals surface area contributed by atoms with Crippen molar-refractivity contribution in [1.29, 1.82) is 0 Å². The molecular formula is C14H24F3NO2. The van der Waals surface area contributed by atoms with E-state index in [1.807, 2.05) is 13.8 Å². The molecule has 0 saturated heterocycles. The quantitative estimate of drug-likeness (QED) is 0.819. The largest absolute Gasteiger partial charge is 0.396 e. The van der Waals surface area contributed by atoms with Crippen LogP contribution in [0.5, 0.6) is 0 Å². The van der Waals surface area contributed by atoms with Crippen LogP contribution < -0.4 is 5.32 Å². The molecule has 0 aromatic rings. The number of nitrogens with one attached hydrogen (secondary N) is 1. The molecule has 0 aromatic carbocycles. The zero-order chi connectivity index (χ0) is 15.4. The van der Waals surface area contributed by atoms with Crippen LogP contribution in [0.2, 0.25) is 0 Å². The van der Waals surface area contributed by atoms with Gasteiger partial charge in [-0.25, -0.2) is 0 Å². The molecule has 3 atom stereocenters. The number of rotatable bonds is 5. The van der Waals surface area contributed by atoms with Crippen molar-refractivity contribution in [2.24, 2.45) is 11.8 Å². The summed E-state index contributed by atoms with van der Waals surface area (Å²) in [6.45, 7) is 3.64. The Balaban J connectivity index is 2.63. The van der Waals surface area contributed by atoms with Crippen LogP contribution >= 0.6 is 0 Å². The third-order valence-corrected chi connectivity index (χ3v) is 4.38. The first-order valence-electron chi connectivity index (χ1n) is 7.21. The van der Waals surface area contributed by atoms with Gasteiger partial charge >= 0.3 is 6.18 Å². The number of hydrogen-bond donors (Lipinski definition) is 2. The van der Waals surface area contributed by atoms with Gasteiger partial charge in [-0.05, 0) is 39.0 Å². The van der Waals surface area contributed by atoms with Gasteiger partial charge in [-0.2, -0.15) is 13.2 Å². The second-order valence-corrected chi connectivity index (χ2v) is 5.98. The Morgan fingerprint density at radius 2 is 2.00 bits per heavy atom. The molecule has 0 heterocycles. The second kappa shape index (κ2) is 6.78. The molecule has 1 aliphatic carbocycles. The molecule has 1 amide bonds. The predicted molar refractivity (Wildman–Crippen MR) is 70.0 cm³/mol. The number of halogens is 3. The van der Waals surface area contributed by atoms with Crippen LogP contribution in [-0.2, 0) is 4.79 Å². The fourth-order valence-electron chi connectivity index (χ4n) is 2.70. The number of aliphatic hydroxyl groups excluding tert-OH is 1. The van der Waals surface area contributed by atoms with Gasteiger partial charge in [0, 0.05) is 18.1 Å². The number of amides is 1. The van der Waals surface area contributed by atoms with E-state index in [0.29, 0.717) is 25.7 Å². The normalized spacial score (nSPS) is 26.9. The molecular weight excluding hydrogens is 271 g/mol. The average Bonchev–Trinajstić information content (AvgIpc) is 2.38. The van der Waals surface area contributed by atoms with Gasteiger partial charge in [0.15, 0.2) is 0 Å². The SMILES string of the molecule is CCC(C)(CCO)NC(=O)C1CCCC(C(F)(F)F)C1. The number of aliphatic hydroxyl groups is 1. The molecule has 0 aliphatic heterocycles. The van der Waals surface area contributed by atoms with Crippen LogP contribution in [0, 0.1) is 11.8 Å². The van der Waals surface area contributed by atoms with E-state index >= 15 is 0 Å². The third-order valence-electron chi connectivity index (χ3n) is 4.38. The van der Waals surface area contributed by atoms with Gasteiger partial charge in [0.25, 0.3) is 0 Å². The minimum Gasteiger partial charge on any atom is -0.396 e. The Kier molecular flexibility index (Phi) is 5.86. The first-order valence-corrected chi connectivity index (χ1v) is 7.21. The summed E-state index contributed by atoms with van der Waals surface area (Å²) in [4.78, 5) is 12.2. The van der Waals surface area contributed by atoms with Crippen molar-refractivity contribution >= 4 is 5.91 Å². The Morgan fingerprint density at radius 1 is 1.35 bits per heavy atom. The van der Waals surface area contributed by atoms with Gasteiger partial charge in [0.1, 0.15) is 0 Å². The molecule has 0 radical (unpaired) electrons. The maximum Gasteiger partial charge on any atom is 0.391 e. The number of carbonyl (C=O) groups excluding carboxylic acids is 1. The summed E-state index contributed by atoms with van der Waals surface area (Å²) < 4.78 is 38.2. The van der Waals surface area contributed by atoms with Gasteiger partial charge in [0.2, 0.25) is 5.91 Å². The molecule has 3 nitrogen and oxygen atoms in total. The highest BCUT2D eigenvalue weighted by Crippen LogP contribution is 2.40. The van der Waals surface area contributed by atoms with Crippen molar-refractivity contribution < 1.29 is 23.1 Å². The predicted octanol–water partition coefficient (Wildman–Crippen LogP) is 3.02. The molecule has 2 N–H and O–H groups in total. The molecule has 0 bridgehead atoms. The molecule has 20 heavy (non-hydrogen) atoms. The number of hydrogen-bond acceptors (Lipinski definition) is 2. The number of carbonyl (C=O) groups is 1. The van der Waals surface area contributed by atoms with Crippen molar-refractivity contribution in [1.82, 2.24) is 5.32 Å². The fraction of sp³-hybridized carbons (Fsp3) is 0.929. The topological polar surface area (TPSA) is 49.3 Å². The first kappa shape index (κ1) is 17.3. The molecule has 1 aliphatic rings. The molecule has 0 aromatic heterocycles. The maximum absolute atomic E-state index is 12.7. The summed E-state index contributed by atoms with van der Waals surface area (Å²) in [5.41, 5.74) is -0.545. The standard InChI is InChI=1S/C14H24F3NO2/c1-3-13(2,7-8-19)18-12(20)10-5-4-6-11(9-10)14(15,16)17/h10-11,19H,3-9H2,1-2H3,(H,18,20). The van der Waals surface area contributed by atoms with Crippen molar-refractivity contribution in [3.8, 4) is 0 Å². The van der Waals surface area contributed by atoms with E-state index < -0.39 is 23.6 Å². The van der Waals surface area contributed by atoms with Crippen LogP contribution in [0.4, 0.5) is 13.2 Å². The number of alkyl halides is 3. The molecule has 118 valence electrons. The highest BCUT2D eigenvalue weighted by molar-refractivity contribution is 5.79. The highest BCUT2D eigenvalue weighted by atomic mass is 19.4. The van der Waals surface area contributed by atoms with Gasteiger partial charge in [0.05, 0.1) is 5.92 Å². The van der Waals surface area contributed by atoms with Crippen LogP contribution in [0.15, 0.2) is 0 Å². The molecule has 6 heteroatoms. The smallest absolute Gasteiger partial charge is 0.391 e. The average molecular weight is 295 g/mol. The second-order valence-electron chi connectivity index (χ2n) is 5.98. The van der Waals surface area contributed by atoms with Gasteiger partial charge < -0.3 is 10.4 Å². The maximum atomic E-state index is 12.7. The fourth-order valence-corrected chi connectivity index (χ4v) is 2.70. The lowest BCUT2D eigenvalue weighted by Gasteiger charge is -2.34. The third kappa shape index (κ3) is 4.65. The minimum absolute atomic E-state index is 0.0551. The zero-order valence-electron chi connectivity index (χ0n) is 12.1. The highest BCUT2D eigenvalue weighted by Gasteiger charge is 2.44. The summed E-state index contributed by atoms with van der Waals surface area (Å²) in [5, 5.41) is 11.8. The summed E-state index contributed by atoms with van der Waals surface area (Å²) >= 11 is 0. The lowest BCUT2D eigenvalue weighted by molar-refractivity contribution is -0.186. The summed E-state index contributed by atoms with van der Waals surface area (Å²) in [6, 6.07) is 0. The molecule has 3 unspecified atom stereocenters. The van der Waals surface area contributed by atoms with E-state index in [2.05, 4.69) is 5.32 Å².